The van der Waals surface area contributed by atoms with Crippen LogP contribution < -0.4 is 17.2 Å². The fourth-order valence-corrected chi connectivity index (χ4v) is 2.40. The summed E-state index contributed by atoms with van der Waals surface area (Å²) < 4.78 is 1.23. The Morgan fingerprint density at radius 2 is 1.26 bits per heavy atom. The summed E-state index contributed by atoms with van der Waals surface area (Å²) in [7, 11) is 9.87. The van der Waals surface area contributed by atoms with Gasteiger partial charge in [-0.1, -0.05) is 23.2 Å². The van der Waals surface area contributed by atoms with E-state index in [1.165, 1.54) is 6.07 Å². The number of nitrogens with two attached hydrogens (primary N) is 3. The summed E-state index contributed by atoms with van der Waals surface area (Å²) in [6, 6.07) is 6.44. The Morgan fingerprint density at radius 3 is 1.59 bits per heavy atom. The van der Waals surface area contributed by atoms with Crippen molar-refractivity contribution in [3.8, 4) is 0 Å². The molecule has 0 spiro atoms. The van der Waals surface area contributed by atoms with Crippen molar-refractivity contribution in [3.05, 3.63) is 53.4 Å². The van der Waals surface area contributed by atoms with Gasteiger partial charge < -0.3 is 28.2 Å². The van der Waals surface area contributed by atoms with Crippen LogP contribution in [0.25, 0.3) is 0 Å². The number of nitro benzene ring substituents is 1. The van der Waals surface area contributed by atoms with Gasteiger partial charge in [0.2, 0.25) is 0 Å². The number of hydrogen-bond acceptors (Lipinski definition) is 5. The first-order valence-electron chi connectivity index (χ1n) is 5.91. The fraction of sp³-hybridized carbons (Fsp3) is 0. The maximum absolute atomic E-state index is 10.4. The number of rotatable bonds is 1. The first-order chi connectivity index (χ1) is 11.6. The third-order valence-electron chi connectivity index (χ3n) is 2.45. The van der Waals surface area contributed by atoms with E-state index in [4.69, 9.17) is 58.2 Å². The molecule has 10 N–H and O–H groups in total. The number of nitro groups is 1. The maximum atomic E-state index is 10.4. The van der Waals surface area contributed by atoms with E-state index in [1.54, 1.807) is 18.2 Å². The summed E-state index contributed by atoms with van der Waals surface area (Å²) >= 11 is 16.8. The van der Waals surface area contributed by atoms with Gasteiger partial charge in [0.1, 0.15) is 10.7 Å². The monoisotopic (exact) mass is 696 g/mol. The van der Waals surface area contributed by atoms with Crippen LogP contribution in [0, 0.1) is 10.1 Å². The molecule has 0 heterocycles. The Kier molecular flexibility index (Phi) is 18.8. The molecule has 8 nitrogen and oxygen atoms in total. The molecule has 2 aromatic rings. The second kappa shape index (κ2) is 15.9. The van der Waals surface area contributed by atoms with Crippen molar-refractivity contribution in [1.29, 1.82) is 0 Å². The molecular weight excluding hydrogens is 684 g/mol. The molecule has 0 unspecified atom stereocenters. The molecule has 0 aromatic heterocycles. The van der Waals surface area contributed by atoms with Crippen LogP contribution in [0.5, 0.6) is 0 Å². The summed E-state index contributed by atoms with van der Waals surface area (Å²) in [5.74, 6) is 0. The standard InChI is InChI=1S/C6H4BrClN2O2.C6H6BrClN2.2ClH.2H2O.Sn/c7-3-1-2-4(9)6(5(3)8)10(11)12;7-3-1-2-4(9)6(10)5(3)8;;;;;/h1-2H,9H2;1-2H,9-10H2;2*1H;2*1H2;/q;;;;;;+2/p-2. The molecule has 0 aliphatic carbocycles. The molecule has 0 amide bonds. The summed E-state index contributed by atoms with van der Waals surface area (Å²) in [6.07, 6.45) is 0. The molecule has 0 atom stereocenters. The molecule has 0 saturated heterocycles. The van der Waals surface area contributed by atoms with Gasteiger partial charge in [0.05, 0.1) is 21.3 Å². The Balaban J connectivity index is -0.000000353. The van der Waals surface area contributed by atoms with Crippen LogP contribution in [0.3, 0.4) is 0 Å². The van der Waals surface area contributed by atoms with Crippen LogP contribution in [0.1, 0.15) is 0 Å². The van der Waals surface area contributed by atoms with E-state index in [1.807, 2.05) is 0 Å². The normalized spacial score (nSPS) is 8.67. The van der Waals surface area contributed by atoms with E-state index in [0.717, 1.165) is 4.47 Å². The quantitative estimate of drug-likeness (QED) is 0.174. The third kappa shape index (κ3) is 10.4. The van der Waals surface area contributed by atoms with E-state index >= 15 is 0 Å². The van der Waals surface area contributed by atoms with Gasteiger partial charge in [0, 0.05) is 8.95 Å². The molecule has 2 radical (unpaired) electrons. The van der Waals surface area contributed by atoms with Crippen molar-refractivity contribution in [2.24, 2.45) is 0 Å². The molecule has 15 heteroatoms. The summed E-state index contributed by atoms with van der Waals surface area (Å²) in [6.45, 7) is 0. The zero-order valence-corrected chi connectivity index (χ0v) is 22.1. The number of benzene rings is 2. The predicted molar refractivity (Wildman–Crippen MR) is 123 cm³/mol. The van der Waals surface area contributed by atoms with Gasteiger partial charge in [-0.2, -0.15) is 0 Å². The van der Waals surface area contributed by atoms with Gasteiger partial charge in [0.25, 0.3) is 0 Å². The molecule has 0 bridgehead atoms. The zero-order valence-electron chi connectivity index (χ0n) is 13.1. The van der Waals surface area contributed by atoms with E-state index in [2.05, 4.69) is 31.9 Å². The van der Waals surface area contributed by atoms with Crippen molar-refractivity contribution in [2.75, 3.05) is 17.2 Å². The van der Waals surface area contributed by atoms with Crippen LogP contribution in [0.15, 0.2) is 33.2 Å². The van der Waals surface area contributed by atoms with Gasteiger partial charge in [-0.05, 0) is 56.1 Å². The second-order valence-electron chi connectivity index (χ2n) is 3.99. The van der Waals surface area contributed by atoms with E-state index < -0.39 is 23.8 Å². The minimum atomic E-state index is -0.826. The topological polar surface area (TPSA) is 184 Å². The number of halogens is 6. The summed E-state index contributed by atoms with van der Waals surface area (Å²) in [4.78, 5) is 9.81. The average molecular weight is 699 g/mol. The summed E-state index contributed by atoms with van der Waals surface area (Å²) in [5.41, 5.74) is 17.0. The number of nitrogens with zero attached hydrogens (tertiary/aromatic N) is 1. The summed E-state index contributed by atoms with van der Waals surface area (Å²) in [5, 5.41) is 10.9. The van der Waals surface area contributed by atoms with Gasteiger partial charge in [-0.3, -0.25) is 10.1 Å². The average Bonchev–Trinajstić information content (AvgIpc) is 2.54. The minimum absolute atomic E-state index is 0. The number of nitrogen functional groups attached to an aromatic ring is 3. The molecule has 0 aliphatic rings. The predicted octanol–water partition coefficient (Wildman–Crippen LogP) is 4.21. The van der Waals surface area contributed by atoms with Crippen LogP contribution in [-0.4, -0.2) is 34.8 Å². The van der Waals surface area contributed by atoms with Crippen LogP contribution >= 0.6 is 72.9 Å². The molecule has 152 valence electrons. The van der Waals surface area contributed by atoms with Crippen molar-refractivity contribution >= 4 is 115 Å². The van der Waals surface area contributed by atoms with Gasteiger partial charge in [-0.25, -0.2) is 0 Å². The molecule has 2 aromatic carbocycles. The molecule has 0 fully saturated rings. The van der Waals surface area contributed by atoms with Crippen LogP contribution in [0.2, 0.25) is 10.0 Å². The van der Waals surface area contributed by atoms with Crippen molar-refractivity contribution in [1.82, 2.24) is 0 Å². The van der Waals surface area contributed by atoms with E-state index in [0.29, 0.717) is 20.9 Å². The Morgan fingerprint density at radius 1 is 0.889 bits per heavy atom. The Labute approximate surface area is 199 Å². The Hall–Kier alpha value is 0.0787. The van der Waals surface area contributed by atoms with Crippen molar-refractivity contribution in [2.45, 2.75) is 0 Å². The van der Waals surface area contributed by atoms with Gasteiger partial charge in [-0.15, -0.1) is 0 Å². The third-order valence-corrected chi connectivity index (χ3v) is 5.02. The number of hydrogen-bond donors (Lipinski definition) is 3. The number of anilines is 3. The molecular formula is C12H14Br2Cl4N4O4Sn. The first kappa shape index (κ1) is 31.8. The molecule has 2 rings (SSSR count). The second-order valence-corrected chi connectivity index (χ2v) is 10.7. The molecule has 0 aliphatic heterocycles. The van der Waals surface area contributed by atoms with Crippen LogP contribution in [0.4, 0.5) is 22.7 Å². The zero-order chi connectivity index (χ0) is 19.7. The molecule has 0 saturated carbocycles. The van der Waals surface area contributed by atoms with Crippen molar-refractivity contribution < 1.29 is 15.9 Å². The molecule has 27 heavy (non-hydrogen) atoms. The Bertz CT molecular complexity index is 735. The van der Waals surface area contributed by atoms with Gasteiger partial charge >= 0.3 is 42.4 Å². The van der Waals surface area contributed by atoms with Crippen LogP contribution in [-0.2, 0) is 0 Å². The SMILES string of the molecule is Nc1ccc(Br)c(Cl)c1N.Nc1ccc(Br)c(Cl)c1[N+](=O)[O-].O.O.[Cl][Sn][Cl]. The van der Waals surface area contributed by atoms with Gasteiger partial charge in [0.15, 0.2) is 0 Å². The first-order valence-corrected chi connectivity index (χ1v) is 15.5. The van der Waals surface area contributed by atoms with E-state index in [9.17, 15) is 10.1 Å². The van der Waals surface area contributed by atoms with Crippen molar-refractivity contribution in [3.63, 3.8) is 0 Å². The van der Waals surface area contributed by atoms with E-state index in [-0.39, 0.29) is 27.3 Å². The fourth-order valence-electron chi connectivity index (χ4n) is 1.32.